The molecule has 0 aliphatic heterocycles. The highest BCUT2D eigenvalue weighted by Crippen LogP contribution is 2.26. The van der Waals surface area contributed by atoms with E-state index in [1.807, 2.05) is 97.5 Å². The second-order valence-corrected chi connectivity index (χ2v) is 8.74. The summed E-state index contributed by atoms with van der Waals surface area (Å²) in [6, 6.07) is 24.9. The zero-order valence-electron chi connectivity index (χ0n) is 19.9. The second kappa shape index (κ2) is 12.7. The molecule has 3 rings (SSSR count). The first kappa shape index (κ1) is 27.6. The molecule has 7 heteroatoms. The highest BCUT2D eigenvalue weighted by Gasteiger charge is 2.34. The predicted molar refractivity (Wildman–Crippen MR) is 133 cm³/mol. The number of benzene rings is 3. The second-order valence-electron chi connectivity index (χ2n) is 8.74. The molecule has 0 amide bonds. The Bertz CT molecular complexity index is 1160. The molecule has 184 valence electrons. The quantitative estimate of drug-likeness (QED) is 0.219. The van der Waals surface area contributed by atoms with E-state index < -0.39 is 23.8 Å². The average Bonchev–Trinajstić information content (AvgIpc) is 2.82. The van der Waals surface area contributed by atoms with Crippen LogP contribution in [0.3, 0.4) is 0 Å². The molecule has 4 N–H and O–H groups in total. The minimum atomic E-state index is -1.10. The molecule has 0 aliphatic carbocycles. The summed E-state index contributed by atoms with van der Waals surface area (Å²) in [4.78, 5) is 23.9. The number of halogens is 1. The molecule has 2 atom stereocenters. The SMILES string of the molecule is C[N+](C)=C(N)Cc1ccc(-c2ccc(C[C@H](C(=O)O)[C@H](Cc3ccccc3)C(=O)O)cc2)cc1.[Cl-]. The van der Waals surface area contributed by atoms with Gasteiger partial charge in [0.05, 0.1) is 32.4 Å². The van der Waals surface area contributed by atoms with Gasteiger partial charge in [-0.1, -0.05) is 78.9 Å². The van der Waals surface area contributed by atoms with Crippen LogP contribution in [0.1, 0.15) is 16.7 Å². The first-order valence-electron chi connectivity index (χ1n) is 11.2. The Morgan fingerprint density at radius 3 is 1.51 bits per heavy atom. The summed E-state index contributed by atoms with van der Waals surface area (Å²) in [5, 5.41) is 19.6. The van der Waals surface area contributed by atoms with E-state index in [9.17, 15) is 19.8 Å². The van der Waals surface area contributed by atoms with Crippen LogP contribution in [-0.4, -0.2) is 46.7 Å². The Morgan fingerprint density at radius 1 is 0.714 bits per heavy atom. The van der Waals surface area contributed by atoms with Crippen molar-refractivity contribution in [2.45, 2.75) is 19.3 Å². The van der Waals surface area contributed by atoms with Crippen LogP contribution in [0.5, 0.6) is 0 Å². The minimum absolute atomic E-state index is 0. The lowest BCUT2D eigenvalue weighted by atomic mass is 9.82. The Kier molecular flexibility index (Phi) is 10.0. The van der Waals surface area contributed by atoms with Gasteiger partial charge in [-0.05, 0) is 40.7 Å². The number of carboxylic acid groups (broad SMARTS) is 2. The number of hydrogen-bond donors (Lipinski definition) is 3. The summed E-state index contributed by atoms with van der Waals surface area (Å²) in [5.41, 5.74) is 10.8. The molecule has 0 aromatic heterocycles. The Labute approximate surface area is 212 Å². The number of aliphatic carboxylic acids is 2. The fourth-order valence-electron chi connectivity index (χ4n) is 3.94. The zero-order valence-corrected chi connectivity index (χ0v) is 20.7. The molecule has 0 unspecified atom stereocenters. The summed E-state index contributed by atoms with van der Waals surface area (Å²) >= 11 is 0. The molecule has 0 fully saturated rings. The van der Waals surface area contributed by atoms with Crippen LogP contribution in [0, 0.1) is 11.8 Å². The Morgan fingerprint density at radius 2 is 1.11 bits per heavy atom. The number of amidine groups is 1. The van der Waals surface area contributed by atoms with E-state index in [4.69, 9.17) is 5.73 Å². The van der Waals surface area contributed by atoms with Gasteiger partial charge in [-0.2, -0.15) is 0 Å². The summed E-state index contributed by atoms with van der Waals surface area (Å²) in [5.74, 6) is -3.45. The fourth-order valence-corrected chi connectivity index (χ4v) is 3.94. The van der Waals surface area contributed by atoms with Gasteiger partial charge < -0.3 is 22.6 Å². The highest BCUT2D eigenvalue weighted by atomic mass is 35.5. The van der Waals surface area contributed by atoms with Crippen LogP contribution < -0.4 is 18.1 Å². The third-order valence-corrected chi connectivity index (χ3v) is 6.08. The first-order valence-corrected chi connectivity index (χ1v) is 11.2. The smallest absolute Gasteiger partial charge is 0.307 e. The van der Waals surface area contributed by atoms with Gasteiger partial charge in [0, 0.05) is 0 Å². The van der Waals surface area contributed by atoms with Crippen molar-refractivity contribution in [3.05, 3.63) is 95.6 Å². The predicted octanol–water partition coefficient (Wildman–Crippen LogP) is 0.716. The molecule has 35 heavy (non-hydrogen) atoms. The number of hydrogen-bond acceptors (Lipinski definition) is 2. The molecule has 0 radical (unpaired) electrons. The summed E-state index contributed by atoms with van der Waals surface area (Å²) in [6.07, 6.45) is 1.00. The minimum Gasteiger partial charge on any atom is -1.00 e. The topological polar surface area (TPSA) is 104 Å². The lowest BCUT2D eigenvalue weighted by Crippen LogP contribution is -3.00. The molecule has 6 nitrogen and oxygen atoms in total. The number of carbonyl (C=O) groups is 2. The van der Waals surface area contributed by atoms with Crippen LogP contribution in [-0.2, 0) is 28.9 Å². The van der Waals surface area contributed by atoms with Gasteiger partial charge in [0.25, 0.3) is 0 Å². The average molecular weight is 495 g/mol. The Hall–Kier alpha value is -3.64. The summed E-state index contributed by atoms with van der Waals surface area (Å²) in [7, 11) is 3.83. The molecule has 0 saturated heterocycles. The van der Waals surface area contributed by atoms with Crippen LogP contribution in [0.2, 0.25) is 0 Å². The van der Waals surface area contributed by atoms with E-state index in [0.717, 1.165) is 33.7 Å². The molecule has 3 aromatic rings. The lowest BCUT2D eigenvalue weighted by Gasteiger charge is -2.21. The largest absolute Gasteiger partial charge is 1.00 e. The van der Waals surface area contributed by atoms with E-state index in [0.29, 0.717) is 6.42 Å². The number of carboxylic acids is 2. The molecular weight excluding hydrogens is 464 g/mol. The van der Waals surface area contributed by atoms with Crippen molar-refractivity contribution in [2.24, 2.45) is 17.6 Å². The standard InChI is InChI=1S/C28H30N2O4.ClH/c1-30(2)26(29)18-21-10-14-23(15-11-21)22-12-8-20(9-13-22)17-25(28(33)34)24(27(31)32)16-19-6-4-3-5-7-19;/h3-15,24-25,29H,16-18H2,1-2H3,(H2,31,32,33,34);1H/t24-,25-;/m0./s1. The molecule has 0 bridgehead atoms. The van der Waals surface area contributed by atoms with Gasteiger partial charge >= 0.3 is 11.9 Å². The van der Waals surface area contributed by atoms with Crippen molar-refractivity contribution in [3.8, 4) is 11.1 Å². The number of rotatable bonds is 10. The zero-order chi connectivity index (χ0) is 24.7. The molecule has 0 aliphatic rings. The number of nitrogens with two attached hydrogens (primary N) is 1. The van der Waals surface area contributed by atoms with E-state index in [-0.39, 0.29) is 25.2 Å². The van der Waals surface area contributed by atoms with Gasteiger partial charge in [-0.25, -0.2) is 0 Å². The maximum Gasteiger partial charge on any atom is 0.307 e. The van der Waals surface area contributed by atoms with E-state index >= 15 is 0 Å². The van der Waals surface area contributed by atoms with Gasteiger partial charge in [0.2, 0.25) is 5.84 Å². The van der Waals surface area contributed by atoms with E-state index in [1.165, 1.54) is 0 Å². The van der Waals surface area contributed by atoms with Crippen molar-refractivity contribution in [1.29, 1.82) is 0 Å². The summed E-state index contributed by atoms with van der Waals surface area (Å²) in [6.45, 7) is 0. The van der Waals surface area contributed by atoms with Crippen molar-refractivity contribution >= 4 is 17.8 Å². The van der Waals surface area contributed by atoms with Crippen molar-refractivity contribution in [3.63, 3.8) is 0 Å². The maximum absolute atomic E-state index is 12.0. The highest BCUT2D eigenvalue weighted by molar-refractivity contribution is 5.80. The molecule has 0 spiro atoms. The lowest BCUT2D eigenvalue weighted by molar-refractivity contribution is -0.466. The third-order valence-electron chi connectivity index (χ3n) is 6.08. The van der Waals surface area contributed by atoms with Crippen molar-refractivity contribution < 1.29 is 36.8 Å². The molecule has 0 heterocycles. The Balaban J connectivity index is 0.00000432. The summed E-state index contributed by atoms with van der Waals surface area (Å²) < 4.78 is 1.89. The number of nitrogens with zero attached hydrogens (tertiary/aromatic N) is 1. The van der Waals surface area contributed by atoms with Crippen LogP contribution in [0.4, 0.5) is 0 Å². The van der Waals surface area contributed by atoms with Gasteiger partial charge in [0.1, 0.15) is 0 Å². The molecule has 3 aromatic carbocycles. The molecular formula is C28H31ClN2O4. The van der Waals surface area contributed by atoms with Gasteiger partial charge in [-0.3, -0.25) is 19.9 Å². The monoisotopic (exact) mass is 494 g/mol. The van der Waals surface area contributed by atoms with Crippen LogP contribution in [0.15, 0.2) is 78.9 Å². The van der Waals surface area contributed by atoms with Crippen molar-refractivity contribution in [2.75, 3.05) is 14.1 Å². The van der Waals surface area contributed by atoms with Gasteiger partial charge in [0.15, 0.2) is 0 Å². The maximum atomic E-state index is 12.0. The van der Waals surface area contributed by atoms with Crippen molar-refractivity contribution in [1.82, 2.24) is 0 Å². The van der Waals surface area contributed by atoms with Crippen LogP contribution >= 0.6 is 0 Å². The van der Waals surface area contributed by atoms with E-state index in [2.05, 4.69) is 0 Å². The first-order chi connectivity index (χ1) is 16.2. The van der Waals surface area contributed by atoms with Gasteiger partial charge in [-0.15, -0.1) is 0 Å². The fraction of sp³-hybridized carbons (Fsp3) is 0.250. The van der Waals surface area contributed by atoms with E-state index in [1.54, 1.807) is 0 Å². The third kappa shape index (κ3) is 7.69. The van der Waals surface area contributed by atoms with Crippen LogP contribution in [0.25, 0.3) is 11.1 Å². The normalized spacial score (nSPS) is 12.2. The molecule has 0 saturated carbocycles.